The number of ether oxygens (including phenoxy) is 2. The van der Waals surface area contributed by atoms with E-state index in [1.54, 1.807) is 18.2 Å². The number of methoxy groups -OCH3 is 1. The van der Waals surface area contributed by atoms with Gasteiger partial charge in [-0.3, -0.25) is 0 Å². The van der Waals surface area contributed by atoms with Crippen molar-refractivity contribution < 1.29 is 22.3 Å². The van der Waals surface area contributed by atoms with Crippen molar-refractivity contribution in [3.8, 4) is 11.5 Å². The second kappa shape index (κ2) is 8.86. The molecule has 3 aromatic rings. The van der Waals surface area contributed by atoms with Crippen molar-refractivity contribution in [1.82, 2.24) is 4.72 Å². The van der Waals surface area contributed by atoms with Crippen LogP contribution >= 0.6 is 0 Å². The van der Waals surface area contributed by atoms with Crippen molar-refractivity contribution in [1.29, 1.82) is 0 Å². The maximum Gasteiger partial charge on any atom is 0.243 e. The van der Waals surface area contributed by atoms with Crippen LogP contribution in [0.15, 0.2) is 77.7 Å². The zero-order valence-corrected chi connectivity index (χ0v) is 16.1. The van der Waals surface area contributed by atoms with Gasteiger partial charge < -0.3 is 9.47 Å². The third-order valence-corrected chi connectivity index (χ3v) is 5.49. The third kappa shape index (κ3) is 4.88. The van der Waals surface area contributed by atoms with Gasteiger partial charge in [0, 0.05) is 6.54 Å². The van der Waals surface area contributed by atoms with E-state index in [4.69, 9.17) is 9.47 Å². The highest BCUT2D eigenvalue weighted by Gasteiger charge is 2.18. The van der Waals surface area contributed by atoms with Gasteiger partial charge in [0.25, 0.3) is 0 Å². The first-order chi connectivity index (χ1) is 13.5. The van der Waals surface area contributed by atoms with Gasteiger partial charge >= 0.3 is 0 Å². The van der Waals surface area contributed by atoms with Gasteiger partial charge in [0.2, 0.25) is 10.0 Å². The summed E-state index contributed by atoms with van der Waals surface area (Å²) in [6.45, 7) is 0.377. The largest absolute Gasteiger partial charge is 0.493 e. The zero-order valence-electron chi connectivity index (χ0n) is 15.3. The molecule has 0 spiro atoms. The van der Waals surface area contributed by atoms with E-state index in [-0.39, 0.29) is 11.4 Å². The maximum absolute atomic E-state index is 13.8. The highest BCUT2D eigenvalue weighted by Crippen LogP contribution is 2.29. The topological polar surface area (TPSA) is 64.6 Å². The van der Waals surface area contributed by atoms with Crippen molar-refractivity contribution in [2.45, 2.75) is 18.0 Å². The summed E-state index contributed by atoms with van der Waals surface area (Å²) in [6, 6.07) is 20.1. The number of halogens is 1. The summed E-state index contributed by atoms with van der Waals surface area (Å²) < 4.78 is 51.9. The molecule has 3 aromatic carbocycles. The molecule has 146 valence electrons. The molecule has 0 fully saturated rings. The summed E-state index contributed by atoms with van der Waals surface area (Å²) in [4.78, 5) is -0.384. The van der Waals surface area contributed by atoms with Crippen LogP contribution in [-0.4, -0.2) is 15.5 Å². The maximum atomic E-state index is 13.8. The average Bonchev–Trinajstić information content (AvgIpc) is 2.72. The summed E-state index contributed by atoms with van der Waals surface area (Å²) in [7, 11) is -2.45. The molecule has 0 aliphatic carbocycles. The second-order valence-corrected chi connectivity index (χ2v) is 7.75. The van der Waals surface area contributed by atoms with Crippen molar-refractivity contribution in [2.75, 3.05) is 7.11 Å². The van der Waals surface area contributed by atoms with E-state index in [1.807, 2.05) is 30.3 Å². The van der Waals surface area contributed by atoms with Gasteiger partial charge in [-0.2, -0.15) is 0 Å². The van der Waals surface area contributed by atoms with Crippen LogP contribution in [0.2, 0.25) is 0 Å². The lowest BCUT2D eigenvalue weighted by Crippen LogP contribution is -2.24. The lowest BCUT2D eigenvalue weighted by atomic mass is 10.2. The van der Waals surface area contributed by atoms with Crippen LogP contribution in [0.5, 0.6) is 11.5 Å². The molecule has 0 aliphatic heterocycles. The fourth-order valence-electron chi connectivity index (χ4n) is 2.60. The van der Waals surface area contributed by atoms with Gasteiger partial charge in [0.05, 0.1) is 7.11 Å². The Morgan fingerprint density at radius 1 is 0.893 bits per heavy atom. The van der Waals surface area contributed by atoms with Crippen molar-refractivity contribution in [3.63, 3.8) is 0 Å². The highest BCUT2D eigenvalue weighted by molar-refractivity contribution is 7.89. The number of hydrogen-bond acceptors (Lipinski definition) is 4. The fraction of sp³-hybridized carbons (Fsp3) is 0.143. The summed E-state index contributed by atoms with van der Waals surface area (Å²) in [6.07, 6.45) is 0. The smallest absolute Gasteiger partial charge is 0.243 e. The second-order valence-electron chi connectivity index (χ2n) is 6.01. The van der Waals surface area contributed by atoms with Crippen LogP contribution in [0, 0.1) is 5.82 Å². The van der Waals surface area contributed by atoms with Gasteiger partial charge in [0.1, 0.15) is 17.3 Å². The van der Waals surface area contributed by atoms with Crippen LogP contribution in [0.4, 0.5) is 4.39 Å². The normalized spacial score (nSPS) is 11.2. The summed E-state index contributed by atoms with van der Waals surface area (Å²) in [5.41, 5.74) is 1.68. The summed E-state index contributed by atoms with van der Waals surface area (Å²) >= 11 is 0. The van der Waals surface area contributed by atoms with E-state index < -0.39 is 15.8 Å². The molecule has 7 heteroatoms. The van der Waals surface area contributed by atoms with Gasteiger partial charge in [-0.05, 0) is 35.4 Å². The number of nitrogens with one attached hydrogen (secondary N) is 1. The first kappa shape index (κ1) is 19.9. The Morgan fingerprint density at radius 2 is 1.61 bits per heavy atom. The fourth-order valence-corrected chi connectivity index (χ4v) is 3.69. The lowest BCUT2D eigenvalue weighted by Gasteiger charge is -2.13. The van der Waals surface area contributed by atoms with Crippen LogP contribution < -0.4 is 14.2 Å². The number of rotatable bonds is 8. The van der Waals surface area contributed by atoms with E-state index in [9.17, 15) is 12.8 Å². The first-order valence-electron chi connectivity index (χ1n) is 8.57. The standard InChI is InChI=1S/C21H20FNO4S/c1-26-20-13-17(11-12-19(20)27-15-16-7-3-2-4-8-16)14-23-28(24,25)21-10-6-5-9-18(21)22/h2-13,23H,14-15H2,1H3. The van der Waals surface area contributed by atoms with Gasteiger partial charge in [-0.1, -0.05) is 48.5 Å². The Labute approximate surface area is 163 Å². The first-order valence-corrected chi connectivity index (χ1v) is 10.1. The van der Waals surface area contributed by atoms with Crippen LogP contribution in [-0.2, 0) is 23.2 Å². The SMILES string of the molecule is COc1cc(CNS(=O)(=O)c2ccccc2F)ccc1OCc1ccccc1. The molecule has 0 amide bonds. The Bertz CT molecular complexity index is 1040. The number of hydrogen-bond donors (Lipinski definition) is 1. The molecule has 3 rings (SSSR count). The van der Waals surface area contributed by atoms with Crippen molar-refractivity contribution in [3.05, 3.63) is 89.7 Å². The average molecular weight is 401 g/mol. The third-order valence-electron chi connectivity index (χ3n) is 4.06. The molecule has 0 atom stereocenters. The molecule has 1 N–H and O–H groups in total. The molecule has 0 radical (unpaired) electrons. The number of benzene rings is 3. The predicted molar refractivity (Wildman–Crippen MR) is 104 cm³/mol. The Hall–Kier alpha value is -2.90. The van der Waals surface area contributed by atoms with E-state index in [2.05, 4.69) is 4.72 Å². The predicted octanol–water partition coefficient (Wildman–Crippen LogP) is 3.89. The molecule has 0 saturated heterocycles. The molecule has 28 heavy (non-hydrogen) atoms. The summed E-state index contributed by atoms with van der Waals surface area (Å²) in [5, 5.41) is 0. The minimum atomic E-state index is -3.96. The Kier molecular flexibility index (Phi) is 6.28. The van der Waals surface area contributed by atoms with E-state index in [0.717, 1.165) is 11.6 Å². The number of sulfonamides is 1. The molecule has 0 heterocycles. The minimum absolute atomic E-state index is 0.00794. The van der Waals surface area contributed by atoms with Crippen molar-refractivity contribution in [2.24, 2.45) is 0 Å². The zero-order chi connectivity index (χ0) is 20.0. The van der Waals surface area contributed by atoms with Gasteiger partial charge in [-0.25, -0.2) is 17.5 Å². The van der Waals surface area contributed by atoms with E-state index >= 15 is 0 Å². The highest BCUT2D eigenvalue weighted by atomic mass is 32.2. The van der Waals surface area contributed by atoms with Crippen molar-refractivity contribution >= 4 is 10.0 Å². The molecule has 0 saturated carbocycles. The molecule has 5 nitrogen and oxygen atoms in total. The van der Waals surface area contributed by atoms with Crippen LogP contribution in [0.25, 0.3) is 0 Å². The molecular formula is C21H20FNO4S. The Morgan fingerprint density at radius 3 is 2.32 bits per heavy atom. The van der Waals surface area contributed by atoms with E-state index in [1.165, 1.54) is 25.3 Å². The van der Waals surface area contributed by atoms with Crippen LogP contribution in [0.1, 0.15) is 11.1 Å². The summed E-state index contributed by atoms with van der Waals surface area (Å²) in [5.74, 6) is 0.239. The molecule has 0 bridgehead atoms. The molecule has 0 aliphatic rings. The molecular weight excluding hydrogens is 381 g/mol. The quantitative estimate of drug-likeness (QED) is 0.622. The van der Waals surface area contributed by atoms with E-state index in [0.29, 0.717) is 23.7 Å². The lowest BCUT2D eigenvalue weighted by molar-refractivity contribution is 0.284. The van der Waals surface area contributed by atoms with Gasteiger partial charge in [-0.15, -0.1) is 0 Å². The molecule has 0 aromatic heterocycles. The van der Waals surface area contributed by atoms with Crippen LogP contribution in [0.3, 0.4) is 0 Å². The Balaban J connectivity index is 1.69. The minimum Gasteiger partial charge on any atom is -0.493 e. The molecule has 0 unspecified atom stereocenters. The van der Waals surface area contributed by atoms with Gasteiger partial charge in [0.15, 0.2) is 11.5 Å². The monoisotopic (exact) mass is 401 g/mol.